The lowest BCUT2D eigenvalue weighted by molar-refractivity contribution is 0.102. The van der Waals surface area contributed by atoms with Gasteiger partial charge in [0.05, 0.1) is 18.2 Å². The molecule has 0 spiro atoms. The number of carbonyl (C=O) groups excluding carboxylic acids is 1. The molecule has 0 aliphatic carbocycles. The molecule has 0 unspecified atom stereocenters. The predicted molar refractivity (Wildman–Crippen MR) is 69.9 cm³/mol. The number of carbonyl (C=O) groups is 1. The minimum absolute atomic E-state index is 0.311. The van der Waals surface area contributed by atoms with Crippen LogP contribution in [0.4, 0.5) is 5.82 Å². The second-order valence-corrected chi connectivity index (χ2v) is 3.70. The number of benzene rings is 1. The van der Waals surface area contributed by atoms with Crippen molar-refractivity contribution in [3.05, 3.63) is 53.7 Å². The normalized spacial score (nSPS) is 9.47. The summed E-state index contributed by atoms with van der Waals surface area (Å²) in [4.78, 5) is 16.0. The van der Waals surface area contributed by atoms with Gasteiger partial charge in [0.25, 0.3) is 5.91 Å². The van der Waals surface area contributed by atoms with Gasteiger partial charge in [-0.2, -0.15) is 5.26 Å². The summed E-state index contributed by atoms with van der Waals surface area (Å²) >= 11 is 0. The number of methoxy groups -OCH3 is 1. The zero-order valence-electron chi connectivity index (χ0n) is 10.3. The van der Waals surface area contributed by atoms with Crippen molar-refractivity contribution < 1.29 is 9.53 Å². The Morgan fingerprint density at radius 2 is 2.11 bits per heavy atom. The summed E-state index contributed by atoms with van der Waals surface area (Å²) in [5.74, 6) is 0.568. The van der Waals surface area contributed by atoms with E-state index < -0.39 is 0 Å². The Bertz CT molecular complexity index is 630. The molecule has 0 bridgehead atoms. The van der Waals surface area contributed by atoms with E-state index in [1.165, 1.54) is 13.3 Å². The number of rotatable bonds is 3. The highest BCUT2D eigenvalue weighted by atomic mass is 16.5. The van der Waals surface area contributed by atoms with Crippen molar-refractivity contribution in [1.82, 2.24) is 4.98 Å². The van der Waals surface area contributed by atoms with Gasteiger partial charge in [-0.15, -0.1) is 0 Å². The van der Waals surface area contributed by atoms with Gasteiger partial charge >= 0.3 is 0 Å². The first kappa shape index (κ1) is 12.6. The number of amides is 1. The van der Waals surface area contributed by atoms with Crippen molar-refractivity contribution in [2.24, 2.45) is 0 Å². The van der Waals surface area contributed by atoms with Crippen LogP contribution in [0.15, 0.2) is 42.6 Å². The standard InChI is InChI=1S/C14H11N3O2/c1-19-12-5-3-2-4-11(12)14(18)17-13-7-6-10(8-15)9-16-13/h2-7,9H,1H3,(H,16,17,18). The van der Waals surface area contributed by atoms with Crippen LogP contribution in [0.5, 0.6) is 5.75 Å². The number of hydrogen-bond donors (Lipinski definition) is 1. The molecule has 0 aliphatic heterocycles. The number of nitrogens with one attached hydrogen (secondary N) is 1. The monoisotopic (exact) mass is 253 g/mol. The number of aromatic nitrogens is 1. The fourth-order valence-corrected chi connectivity index (χ4v) is 1.55. The van der Waals surface area contributed by atoms with Gasteiger partial charge in [0.1, 0.15) is 17.6 Å². The number of ether oxygens (including phenoxy) is 1. The van der Waals surface area contributed by atoms with Crippen molar-refractivity contribution in [3.63, 3.8) is 0 Å². The second kappa shape index (κ2) is 5.65. The quantitative estimate of drug-likeness (QED) is 0.910. The molecule has 1 aromatic carbocycles. The molecule has 0 fully saturated rings. The van der Waals surface area contributed by atoms with Crippen LogP contribution >= 0.6 is 0 Å². The van der Waals surface area contributed by atoms with Crippen molar-refractivity contribution in [2.45, 2.75) is 0 Å². The number of para-hydroxylation sites is 1. The first-order valence-electron chi connectivity index (χ1n) is 5.55. The van der Waals surface area contributed by atoms with Crippen LogP contribution in [-0.2, 0) is 0 Å². The van der Waals surface area contributed by atoms with Gasteiger partial charge in [-0.05, 0) is 24.3 Å². The molecule has 1 amide bonds. The highest BCUT2D eigenvalue weighted by Crippen LogP contribution is 2.18. The average molecular weight is 253 g/mol. The first-order chi connectivity index (χ1) is 9.24. The van der Waals surface area contributed by atoms with Crippen molar-refractivity contribution >= 4 is 11.7 Å². The van der Waals surface area contributed by atoms with Gasteiger partial charge < -0.3 is 10.1 Å². The Morgan fingerprint density at radius 1 is 1.32 bits per heavy atom. The maximum atomic E-state index is 12.1. The van der Waals surface area contributed by atoms with E-state index in [0.29, 0.717) is 22.7 Å². The summed E-state index contributed by atoms with van der Waals surface area (Å²) in [5, 5.41) is 11.3. The number of anilines is 1. The molecule has 19 heavy (non-hydrogen) atoms. The molecule has 2 rings (SSSR count). The minimum Gasteiger partial charge on any atom is -0.496 e. The summed E-state index contributed by atoms with van der Waals surface area (Å²) in [6.45, 7) is 0. The molecule has 0 atom stereocenters. The number of nitrogens with zero attached hydrogens (tertiary/aromatic N) is 2. The third-order valence-corrected chi connectivity index (χ3v) is 2.49. The molecule has 94 valence electrons. The smallest absolute Gasteiger partial charge is 0.260 e. The molecule has 0 radical (unpaired) electrons. The van der Waals surface area contributed by atoms with Crippen LogP contribution in [0.25, 0.3) is 0 Å². The van der Waals surface area contributed by atoms with Gasteiger partial charge in [-0.1, -0.05) is 12.1 Å². The largest absolute Gasteiger partial charge is 0.496 e. The van der Waals surface area contributed by atoms with Crippen molar-refractivity contribution in [1.29, 1.82) is 5.26 Å². The molecule has 5 nitrogen and oxygen atoms in total. The van der Waals surface area contributed by atoms with Gasteiger partial charge in [0, 0.05) is 6.20 Å². The molecular weight excluding hydrogens is 242 g/mol. The fraction of sp³-hybridized carbons (Fsp3) is 0.0714. The lowest BCUT2D eigenvalue weighted by atomic mass is 10.2. The molecule has 1 aromatic heterocycles. The highest BCUT2D eigenvalue weighted by Gasteiger charge is 2.11. The molecule has 0 aliphatic rings. The van der Waals surface area contributed by atoms with E-state index in [0.717, 1.165) is 0 Å². The van der Waals surface area contributed by atoms with E-state index >= 15 is 0 Å². The van der Waals surface area contributed by atoms with Gasteiger partial charge in [0.15, 0.2) is 0 Å². The van der Waals surface area contributed by atoms with E-state index in [-0.39, 0.29) is 5.91 Å². The van der Waals surface area contributed by atoms with Crippen LogP contribution in [0.2, 0.25) is 0 Å². The number of pyridine rings is 1. The minimum atomic E-state index is -0.311. The average Bonchev–Trinajstić information content (AvgIpc) is 2.48. The Morgan fingerprint density at radius 3 is 2.74 bits per heavy atom. The Hall–Kier alpha value is -2.87. The van der Waals surface area contributed by atoms with Crippen molar-refractivity contribution in [2.75, 3.05) is 12.4 Å². The molecule has 1 heterocycles. The Labute approximate surface area is 110 Å². The third kappa shape index (κ3) is 2.87. The maximum Gasteiger partial charge on any atom is 0.260 e. The van der Waals surface area contributed by atoms with E-state index in [9.17, 15) is 4.79 Å². The maximum absolute atomic E-state index is 12.1. The summed E-state index contributed by atoms with van der Waals surface area (Å²) in [5.41, 5.74) is 0.867. The number of hydrogen-bond acceptors (Lipinski definition) is 4. The SMILES string of the molecule is COc1ccccc1C(=O)Nc1ccc(C#N)cn1. The molecule has 5 heteroatoms. The highest BCUT2D eigenvalue weighted by molar-refractivity contribution is 6.05. The number of nitriles is 1. The predicted octanol–water partition coefficient (Wildman–Crippen LogP) is 2.21. The van der Waals surface area contributed by atoms with Gasteiger partial charge in [0.2, 0.25) is 0 Å². The Kier molecular flexibility index (Phi) is 3.74. The van der Waals surface area contributed by atoms with E-state index in [1.54, 1.807) is 36.4 Å². The van der Waals surface area contributed by atoms with Crippen LogP contribution in [0.3, 0.4) is 0 Å². The molecular formula is C14H11N3O2. The molecule has 0 saturated carbocycles. The summed E-state index contributed by atoms with van der Waals surface area (Å²) in [7, 11) is 1.51. The zero-order chi connectivity index (χ0) is 13.7. The van der Waals surface area contributed by atoms with Gasteiger partial charge in [-0.3, -0.25) is 4.79 Å². The summed E-state index contributed by atoms with van der Waals surface area (Å²) in [6.07, 6.45) is 1.40. The molecule has 1 N–H and O–H groups in total. The zero-order valence-corrected chi connectivity index (χ0v) is 10.3. The van der Waals surface area contributed by atoms with E-state index in [2.05, 4.69) is 10.3 Å². The van der Waals surface area contributed by atoms with E-state index in [1.807, 2.05) is 6.07 Å². The third-order valence-electron chi connectivity index (χ3n) is 2.49. The first-order valence-corrected chi connectivity index (χ1v) is 5.55. The van der Waals surface area contributed by atoms with Crippen LogP contribution < -0.4 is 10.1 Å². The summed E-state index contributed by atoms with van der Waals surface area (Å²) < 4.78 is 5.12. The summed E-state index contributed by atoms with van der Waals surface area (Å²) in [6, 6.07) is 12.0. The second-order valence-electron chi connectivity index (χ2n) is 3.70. The molecule has 2 aromatic rings. The van der Waals surface area contributed by atoms with Gasteiger partial charge in [-0.25, -0.2) is 4.98 Å². The van der Waals surface area contributed by atoms with E-state index in [4.69, 9.17) is 10.00 Å². The Balaban J connectivity index is 2.18. The lowest BCUT2D eigenvalue weighted by Gasteiger charge is -2.08. The molecule has 0 saturated heterocycles. The lowest BCUT2D eigenvalue weighted by Crippen LogP contribution is -2.14. The fourth-order valence-electron chi connectivity index (χ4n) is 1.55. The van der Waals surface area contributed by atoms with Crippen molar-refractivity contribution in [3.8, 4) is 11.8 Å². The van der Waals surface area contributed by atoms with Crippen LogP contribution in [-0.4, -0.2) is 18.0 Å². The van der Waals surface area contributed by atoms with Crippen LogP contribution in [0, 0.1) is 11.3 Å². The van der Waals surface area contributed by atoms with Crippen LogP contribution in [0.1, 0.15) is 15.9 Å². The topological polar surface area (TPSA) is 75.0 Å².